The molecule has 0 saturated heterocycles. The van der Waals surface area contributed by atoms with Crippen LogP contribution in [0.15, 0.2) is 35.0 Å². The topological polar surface area (TPSA) is 63.8 Å². The fourth-order valence-corrected chi connectivity index (χ4v) is 2.80. The molecule has 0 aliphatic heterocycles. The summed E-state index contributed by atoms with van der Waals surface area (Å²) in [4.78, 5) is 9.46. The second-order valence-electron chi connectivity index (χ2n) is 4.35. The summed E-state index contributed by atoms with van der Waals surface area (Å²) in [5.74, 6) is 1.23. The van der Waals surface area contributed by atoms with E-state index in [0.29, 0.717) is 22.7 Å². The summed E-state index contributed by atoms with van der Waals surface area (Å²) in [6.45, 7) is 2.64. The fourth-order valence-electron chi connectivity index (χ4n) is 1.88. The third-order valence-electron chi connectivity index (χ3n) is 2.92. The van der Waals surface area contributed by atoms with Crippen molar-refractivity contribution in [1.82, 2.24) is 15.1 Å². The summed E-state index contributed by atoms with van der Waals surface area (Å²) in [6.07, 6.45) is 2.52. The summed E-state index contributed by atoms with van der Waals surface area (Å²) < 4.78 is 5.85. The van der Waals surface area contributed by atoms with Crippen LogP contribution in [-0.4, -0.2) is 15.1 Å². The van der Waals surface area contributed by atoms with E-state index in [2.05, 4.69) is 20.4 Å². The Bertz CT molecular complexity index is 740. The Balaban J connectivity index is 1.82. The molecule has 2 heterocycles. The molecule has 0 spiro atoms. The van der Waals surface area contributed by atoms with Gasteiger partial charge in [0.2, 0.25) is 0 Å². The quantitative estimate of drug-likeness (QED) is 0.769. The maximum atomic E-state index is 5.83. The van der Waals surface area contributed by atoms with E-state index in [1.807, 2.05) is 31.2 Å². The van der Waals surface area contributed by atoms with Crippen LogP contribution in [-0.2, 0) is 13.0 Å². The predicted molar refractivity (Wildman–Crippen MR) is 83.6 cm³/mol. The van der Waals surface area contributed by atoms with Gasteiger partial charge in [-0.1, -0.05) is 35.8 Å². The Kier molecular flexibility index (Phi) is 4.17. The highest BCUT2D eigenvalue weighted by Crippen LogP contribution is 2.27. The first-order chi connectivity index (χ1) is 10.3. The average molecular weight is 321 g/mol. The first kappa shape index (κ1) is 14.0. The van der Waals surface area contributed by atoms with Crippen LogP contribution in [0.3, 0.4) is 0 Å². The molecule has 0 radical (unpaired) electrons. The molecule has 0 amide bonds. The highest BCUT2D eigenvalue weighted by molar-refractivity contribution is 7.15. The van der Waals surface area contributed by atoms with E-state index < -0.39 is 0 Å². The van der Waals surface area contributed by atoms with Gasteiger partial charge in [-0.15, -0.1) is 11.3 Å². The molecule has 3 rings (SSSR count). The van der Waals surface area contributed by atoms with Crippen LogP contribution in [0.5, 0.6) is 0 Å². The first-order valence-electron chi connectivity index (χ1n) is 6.52. The van der Waals surface area contributed by atoms with Crippen molar-refractivity contribution in [3.05, 3.63) is 45.6 Å². The number of nitrogens with one attached hydrogen (secondary N) is 1. The third kappa shape index (κ3) is 3.22. The van der Waals surface area contributed by atoms with E-state index >= 15 is 0 Å². The number of hydrogen-bond acceptors (Lipinski definition) is 6. The minimum Gasteiger partial charge on any atom is -0.379 e. The molecule has 21 heavy (non-hydrogen) atoms. The second-order valence-corrected chi connectivity index (χ2v) is 6.05. The zero-order valence-corrected chi connectivity index (χ0v) is 12.9. The largest absolute Gasteiger partial charge is 0.379 e. The van der Waals surface area contributed by atoms with Gasteiger partial charge in [0.25, 0.3) is 5.89 Å². The lowest BCUT2D eigenvalue weighted by Crippen LogP contribution is -1.99. The Labute approximate surface area is 131 Å². The van der Waals surface area contributed by atoms with Crippen molar-refractivity contribution in [3.8, 4) is 11.5 Å². The van der Waals surface area contributed by atoms with Gasteiger partial charge >= 0.3 is 0 Å². The normalized spacial score (nSPS) is 10.8. The zero-order valence-electron chi connectivity index (χ0n) is 11.3. The zero-order chi connectivity index (χ0) is 14.7. The van der Waals surface area contributed by atoms with Crippen molar-refractivity contribution in [2.75, 3.05) is 5.32 Å². The molecule has 3 aromatic rings. The molecular formula is C14H13ClN4OS. The number of halogens is 1. The van der Waals surface area contributed by atoms with Crippen molar-refractivity contribution in [3.63, 3.8) is 0 Å². The van der Waals surface area contributed by atoms with Gasteiger partial charge in [0, 0.05) is 23.2 Å². The van der Waals surface area contributed by atoms with Gasteiger partial charge in [-0.2, -0.15) is 4.98 Å². The number of aromatic nitrogens is 3. The lowest BCUT2D eigenvalue weighted by molar-refractivity contribution is 0.423. The second kappa shape index (κ2) is 6.24. The minimum atomic E-state index is 0.525. The highest BCUT2D eigenvalue weighted by Gasteiger charge is 2.12. The molecule has 0 bridgehead atoms. The van der Waals surface area contributed by atoms with Gasteiger partial charge in [-0.25, -0.2) is 4.98 Å². The summed E-state index contributed by atoms with van der Waals surface area (Å²) in [5.41, 5.74) is 1.83. The van der Waals surface area contributed by atoms with Gasteiger partial charge in [-0.05, 0) is 12.1 Å². The van der Waals surface area contributed by atoms with Crippen LogP contribution in [0.4, 0.5) is 5.69 Å². The van der Waals surface area contributed by atoms with Crippen molar-refractivity contribution < 1.29 is 4.52 Å². The molecular weight excluding hydrogens is 308 g/mol. The van der Waals surface area contributed by atoms with Gasteiger partial charge < -0.3 is 9.84 Å². The maximum absolute atomic E-state index is 5.83. The summed E-state index contributed by atoms with van der Waals surface area (Å²) in [5, 5.41) is 7.29. The van der Waals surface area contributed by atoms with Crippen LogP contribution in [0.1, 0.15) is 17.6 Å². The average Bonchev–Trinajstić information content (AvgIpc) is 3.14. The van der Waals surface area contributed by atoms with Crippen LogP contribution in [0, 0.1) is 0 Å². The van der Waals surface area contributed by atoms with Gasteiger partial charge in [0.1, 0.15) is 0 Å². The van der Waals surface area contributed by atoms with Crippen LogP contribution >= 0.6 is 22.9 Å². The Morgan fingerprint density at radius 2 is 2.19 bits per heavy atom. The van der Waals surface area contributed by atoms with Crippen molar-refractivity contribution in [2.24, 2.45) is 0 Å². The fraction of sp³-hybridized carbons (Fsp3) is 0.214. The molecule has 0 fully saturated rings. The number of benzene rings is 1. The van der Waals surface area contributed by atoms with Crippen molar-refractivity contribution in [2.45, 2.75) is 19.9 Å². The molecule has 0 saturated carbocycles. The van der Waals surface area contributed by atoms with E-state index in [1.54, 1.807) is 6.20 Å². The summed E-state index contributed by atoms with van der Waals surface area (Å²) >= 11 is 7.29. The van der Waals surface area contributed by atoms with Gasteiger partial charge in [0.05, 0.1) is 12.1 Å². The number of thiazole rings is 1. The predicted octanol–water partition coefficient (Wildman–Crippen LogP) is 4.02. The summed E-state index contributed by atoms with van der Waals surface area (Å²) in [7, 11) is 0. The number of nitrogens with zero attached hydrogens (tertiary/aromatic N) is 3. The molecule has 2 aromatic heterocycles. The monoisotopic (exact) mass is 320 g/mol. The SMILES string of the molecule is CCc1noc(-c2ccccc2NCc2cnc(Cl)s2)n1. The molecule has 7 heteroatoms. The van der Waals surface area contributed by atoms with Crippen LogP contribution in [0.2, 0.25) is 4.47 Å². The number of aryl methyl sites for hydroxylation is 1. The third-order valence-corrected chi connectivity index (χ3v) is 4.04. The molecule has 0 aliphatic carbocycles. The van der Waals surface area contributed by atoms with E-state index in [1.165, 1.54) is 11.3 Å². The van der Waals surface area contributed by atoms with E-state index in [9.17, 15) is 0 Å². The molecule has 0 unspecified atom stereocenters. The Morgan fingerprint density at radius 1 is 1.33 bits per heavy atom. The van der Waals surface area contributed by atoms with Gasteiger partial charge in [0.15, 0.2) is 10.3 Å². The van der Waals surface area contributed by atoms with E-state index in [4.69, 9.17) is 16.1 Å². The van der Waals surface area contributed by atoms with E-state index in [-0.39, 0.29) is 0 Å². The number of anilines is 1. The number of hydrogen-bond donors (Lipinski definition) is 1. The smallest absolute Gasteiger partial charge is 0.260 e. The Morgan fingerprint density at radius 3 is 2.90 bits per heavy atom. The molecule has 1 N–H and O–H groups in total. The Hall–Kier alpha value is -1.92. The van der Waals surface area contributed by atoms with Crippen LogP contribution < -0.4 is 5.32 Å². The molecule has 5 nitrogen and oxygen atoms in total. The number of para-hydroxylation sites is 1. The maximum Gasteiger partial charge on any atom is 0.260 e. The molecule has 0 atom stereocenters. The molecule has 1 aromatic carbocycles. The minimum absolute atomic E-state index is 0.525. The van der Waals surface area contributed by atoms with Crippen molar-refractivity contribution in [1.29, 1.82) is 0 Å². The van der Waals surface area contributed by atoms with Gasteiger partial charge in [-0.3, -0.25) is 0 Å². The molecule has 108 valence electrons. The van der Waals surface area contributed by atoms with Crippen LogP contribution in [0.25, 0.3) is 11.5 Å². The standard InChI is InChI=1S/C14H13ClN4OS/c1-2-12-18-13(20-19-12)10-5-3-4-6-11(10)16-7-9-8-17-14(15)21-9/h3-6,8,16H,2,7H2,1H3. The molecule has 0 aliphatic rings. The number of rotatable bonds is 5. The highest BCUT2D eigenvalue weighted by atomic mass is 35.5. The first-order valence-corrected chi connectivity index (χ1v) is 7.71. The lowest BCUT2D eigenvalue weighted by Gasteiger charge is -2.08. The summed E-state index contributed by atoms with van der Waals surface area (Å²) in [6, 6.07) is 7.84. The van der Waals surface area contributed by atoms with Crippen molar-refractivity contribution >= 4 is 28.6 Å². The lowest BCUT2D eigenvalue weighted by atomic mass is 10.1. The van der Waals surface area contributed by atoms with E-state index in [0.717, 1.165) is 22.5 Å².